The predicted octanol–water partition coefficient (Wildman–Crippen LogP) is 4.25. The van der Waals surface area contributed by atoms with Crippen LogP contribution in [-0.2, 0) is 28.0 Å². The monoisotopic (exact) mass is 436 g/mol. The topological polar surface area (TPSA) is 91.4 Å². The van der Waals surface area contributed by atoms with Gasteiger partial charge in [0.05, 0.1) is 29.9 Å². The van der Waals surface area contributed by atoms with Crippen LogP contribution < -0.4 is 15.8 Å². The van der Waals surface area contributed by atoms with Crippen LogP contribution in [0.25, 0.3) is 11.0 Å². The van der Waals surface area contributed by atoms with E-state index in [0.29, 0.717) is 26.3 Å². The quantitative estimate of drug-likeness (QED) is 0.366. The lowest BCUT2D eigenvalue weighted by Gasteiger charge is -2.19. The predicted molar refractivity (Wildman–Crippen MR) is 127 cm³/mol. The number of primary amides is 1. The third-order valence-corrected chi connectivity index (χ3v) is 5.18. The first-order valence-corrected chi connectivity index (χ1v) is 10.8. The van der Waals surface area contributed by atoms with Crippen molar-refractivity contribution in [1.82, 2.24) is 14.9 Å². The maximum Gasteiger partial charge on any atom is 0.264 e. The van der Waals surface area contributed by atoms with Gasteiger partial charge in [0.25, 0.3) is 5.91 Å². The summed E-state index contributed by atoms with van der Waals surface area (Å²) in [7, 11) is 0. The first-order chi connectivity index (χ1) is 15.2. The second kappa shape index (κ2) is 9.87. The summed E-state index contributed by atoms with van der Waals surface area (Å²) >= 11 is 0. The largest absolute Gasteiger partial charge is 0.457 e. The van der Waals surface area contributed by atoms with Crippen LogP contribution in [-0.4, -0.2) is 28.7 Å². The van der Waals surface area contributed by atoms with Crippen LogP contribution in [0, 0.1) is 0 Å². The number of fused-ring (bicyclic) bond motifs is 1. The standard InChI is InChI=1S/C25H32N4O3/c1-6-31-14-13-29-22-15-20(32-19-9-7-18(8-10-19)25(3,4)5)11-12-21(22)28-23(29)16-27-17(2)24(26)30/h7-12,15,27H,2,6,13-14,16H2,1,3-5H3,(H2,26,30). The highest BCUT2D eigenvalue weighted by Crippen LogP contribution is 2.29. The zero-order valence-electron chi connectivity index (χ0n) is 19.3. The molecule has 0 fully saturated rings. The molecule has 0 unspecified atom stereocenters. The molecule has 1 amide bonds. The second-order valence-electron chi connectivity index (χ2n) is 8.60. The highest BCUT2D eigenvalue weighted by atomic mass is 16.5. The van der Waals surface area contributed by atoms with Gasteiger partial charge < -0.3 is 25.1 Å². The molecule has 1 heterocycles. The Bertz CT molecular complexity index is 1090. The average molecular weight is 437 g/mol. The lowest BCUT2D eigenvalue weighted by atomic mass is 9.87. The molecule has 0 aliphatic heterocycles. The zero-order valence-corrected chi connectivity index (χ0v) is 19.3. The number of rotatable bonds is 10. The van der Waals surface area contributed by atoms with Crippen molar-refractivity contribution in [3.05, 3.63) is 66.1 Å². The minimum Gasteiger partial charge on any atom is -0.457 e. The fraction of sp³-hybridized carbons (Fsp3) is 0.360. The Balaban J connectivity index is 1.87. The number of benzene rings is 2. The molecule has 7 nitrogen and oxygen atoms in total. The molecule has 0 saturated heterocycles. The normalized spacial score (nSPS) is 11.5. The fourth-order valence-electron chi connectivity index (χ4n) is 3.33. The zero-order chi connectivity index (χ0) is 23.3. The van der Waals surface area contributed by atoms with Gasteiger partial charge in [0.2, 0.25) is 0 Å². The van der Waals surface area contributed by atoms with Gasteiger partial charge in [-0.25, -0.2) is 4.98 Å². The van der Waals surface area contributed by atoms with Gasteiger partial charge in [0.15, 0.2) is 0 Å². The van der Waals surface area contributed by atoms with Crippen LogP contribution in [0.5, 0.6) is 11.5 Å². The molecule has 0 aliphatic rings. The Hall–Kier alpha value is -3.32. The van der Waals surface area contributed by atoms with Crippen LogP contribution in [0.4, 0.5) is 0 Å². The SMILES string of the molecule is C=C(NCc1nc2ccc(Oc3ccc(C(C)(C)C)cc3)cc2n1CCOCC)C(N)=O. The van der Waals surface area contributed by atoms with Crippen molar-refractivity contribution in [1.29, 1.82) is 0 Å². The third-order valence-electron chi connectivity index (χ3n) is 5.18. The van der Waals surface area contributed by atoms with Gasteiger partial charge in [0, 0.05) is 19.2 Å². The number of carbonyl (C=O) groups is 1. The molecule has 7 heteroatoms. The number of nitrogens with two attached hydrogens (primary N) is 1. The summed E-state index contributed by atoms with van der Waals surface area (Å²) in [5, 5.41) is 2.94. The number of hydrogen-bond acceptors (Lipinski definition) is 5. The molecule has 0 spiro atoms. The lowest BCUT2D eigenvalue weighted by molar-refractivity contribution is -0.114. The summed E-state index contributed by atoms with van der Waals surface area (Å²) in [5.41, 5.74) is 8.53. The molecule has 3 N–H and O–H groups in total. The Morgan fingerprint density at radius 2 is 1.84 bits per heavy atom. The Kier molecular flexibility index (Phi) is 7.20. The molecule has 1 aromatic heterocycles. The highest BCUT2D eigenvalue weighted by molar-refractivity contribution is 5.90. The number of carbonyl (C=O) groups excluding carboxylic acids is 1. The summed E-state index contributed by atoms with van der Waals surface area (Å²) in [5.74, 6) is 1.67. The number of ether oxygens (including phenoxy) is 2. The van der Waals surface area contributed by atoms with E-state index in [9.17, 15) is 4.79 Å². The van der Waals surface area contributed by atoms with Crippen molar-refractivity contribution in [2.24, 2.45) is 5.73 Å². The van der Waals surface area contributed by atoms with Gasteiger partial charge in [-0.2, -0.15) is 0 Å². The minimum atomic E-state index is -0.588. The molecule has 0 aliphatic carbocycles. The van der Waals surface area contributed by atoms with Crippen LogP contribution >= 0.6 is 0 Å². The van der Waals surface area contributed by atoms with Crippen molar-refractivity contribution >= 4 is 16.9 Å². The van der Waals surface area contributed by atoms with Gasteiger partial charge in [-0.1, -0.05) is 39.5 Å². The van der Waals surface area contributed by atoms with Crippen molar-refractivity contribution in [2.75, 3.05) is 13.2 Å². The molecular formula is C25H32N4O3. The summed E-state index contributed by atoms with van der Waals surface area (Å²) < 4.78 is 13.7. The molecule has 0 atom stereocenters. The molecule has 3 aromatic rings. The fourth-order valence-corrected chi connectivity index (χ4v) is 3.33. The number of amides is 1. The van der Waals surface area contributed by atoms with E-state index in [0.717, 1.165) is 28.4 Å². The van der Waals surface area contributed by atoms with E-state index in [4.69, 9.17) is 20.2 Å². The molecule has 32 heavy (non-hydrogen) atoms. The van der Waals surface area contributed by atoms with E-state index in [2.05, 4.69) is 49.4 Å². The number of nitrogens with zero attached hydrogens (tertiary/aromatic N) is 2. The van der Waals surface area contributed by atoms with Crippen molar-refractivity contribution in [2.45, 2.75) is 46.2 Å². The molecule has 2 aromatic carbocycles. The van der Waals surface area contributed by atoms with Gasteiger partial charge in [-0.3, -0.25) is 4.79 Å². The van der Waals surface area contributed by atoms with E-state index in [1.54, 1.807) is 0 Å². The number of imidazole rings is 1. The Morgan fingerprint density at radius 1 is 1.16 bits per heavy atom. The molecular weight excluding hydrogens is 404 g/mol. The summed E-state index contributed by atoms with van der Waals surface area (Å²) in [6.07, 6.45) is 0. The maximum absolute atomic E-state index is 11.3. The Labute approximate surface area is 189 Å². The number of nitrogens with one attached hydrogen (secondary N) is 1. The van der Waals surface area contributed by atoms with E-state index < -0.39 is 5.91 Å². The average Bonchev–Trinajstić information content (AvgIpc) is 3.08. The van der Waals surface area contributed by atoms with Crippen LogP contribution in [0.2, 0.25) is 0 Å². The second-order valence-corrected chi connectivity index (χ2v) is 8.60. The molecule has 0 radical (unpaired) electrons. The summed E-state index contributed by atoms with van der Waals surface area (Å²) in [6.45, 7) is 14.3. The van der Waals surface area contributed by atoms with E-state index >= 15 is 0 Å². The highest BCUT2D eigenvalue weighted by Gasteiger charge is 2.15. The van der Waals surface area contributed by atoms with E-state index in [-0.39, 0.29) is 11.1 Å². The maximum atomic E-state index is 11.3. The molecule has 0 saturated carbocycles. The Morgan fingerprint density at radius 3 is 2.47 bits per heavy atom. The van der Waals surface area contributed by atoms with Crippen LogP contribution in [0.15, 0.2) is 54.7 Å². The molecule has 0 bridgehead atoms. The minimum absolute atomic E-state index is 0.0920. The third kappa shape index (κ3) is 5.68. The number of hydrogen-bond donors (Lipinski definition) is 2. The van der Waals surface area contributed by atoms with Crippen molar-refractivity contribution < 1.29 is 14.3 Å². The van der Waals surface area contributed by atoms with Gasteiger partial charge in [-0.05, 0) is 42.2 Å². The van der Waals surface area contributed by atoms with Crippen LogP contribution in [0.3, 0.4) is 0 Å². The summed E-state index contributed by atoms with van der Waals surface area (Å²) in [6, 6.07) is 14.0. The first-order valence-electron chi connectivity index (χ1n) is 10.8. The summed E-state index contributed by atoms with van der Waals surface area (Å²) in [4.78, 5) is 16.0. The lowest BCUT2D eigenvalue weighted by Crippen LogP contribution is -2.26. The number of aromatic nitrogens is 2. The van der Waals surface area contributed by atoms with Crippen molar-refractivity contribution in [3.8, 4) is 11.5 Å². The smallest absolute Gasteiger partial charge is 0.264 e. The first kappa shape index (κ1) is 23.3. The van der Waals surface area contributed by atoms with Crippen molar-refractivity contribution in [3.63, 3.8) is 0 Å². The van der Waals surface area contributed by atoms with E-state index in [1.807, 2.05) is 37.3 Å². The van der Waals surface area contributed by atoms with Crippen LogP contribution in [0.1, 0.15) is 39.1 Å². The van der Waals surface area contributed by atoms with Gasteiger partial charge >= 0.3 is 0 Å². The molecule has 170 valence electrons. The molecule has 3 rings (SSSR count). The van der Waals surface area contributed by atoms with Gasteiger partial charge in [0.1, 0.15) is 17.3 Å². The van der Waals surface area contributed by atoms with E-state index in [1.165, 1.54) is 5.56 Å². The van der Waals surface area contributed by atoms with Gasteiger partial charge in [-0.15, -0.1) is 0 Å².